The van der Waals surface area contributed by atoms with Crippen LogP contribution in [-0.2, 0) is 6.44 Å². The maximum absolute atomic E-state index is 8.39. The molecule has 1 aromatic heterocycles. The molecular weight excluding hydrogens is 121 g/mol. The van der Waals surface area contributed by atoms with E-state index in [4.69, 9.17) is 10.0 Å². The summed E-state index contributed by atoms with van der Waals surface area (Å²) < 4.78 is 1.34. The zero-order valence-electron chi connectivity index (χ0n) is 4.68. The average Bonchev–Trinajstić information content (AvgIpc) is 2.15. The minimum Gasteiger partial charge on any atom is -0.426 e. The molecule has 0 aliphatic heterocycles. The van der Waals surface area contributed by atoms with E-state index in [0.717, 1.165) is 0 Å². The summed E-state index contributed by atoms with van der Waals surface area (Å²) in [5.74, 6) is 0. The van der Waals surface area contributed by atoms with Crippen molar-refractivity contribution in [2.24, 2.45) is 0 Å². The van der Waals surface area contributed by atoms with Crippen molar-refractivity contribution in [2.45, 2.75) is 6.44 Å². The van der Waals surface area contributed by atoms with Gasteiger partial charge in [-0.3, -0.25) is 4.68 Å². The highest BCUT2D eigenvalue weighted by molar-refractivity contribution is 6.39. The summed E-state index contributed by atoms with van der Waals surface area (Å²) in [6.45, 7) is 0. The highest BCUT2D eigenvalue weighted by Crippen LogP contribution is 1.80. The first kappa shape index (κ1) is 6.25. The van der Waals surface area contributed by atoms with Crippen LogP contribution in [0.2, 0.25) is 0 Å². The van der Waals surface area contributed by atoms with Crippen molar-refractivity contribution in [2.75, 3.05) is 0 Å². The number of rotatable bonds is 2. The van der Waals surface area contributed by atoms with Gasteiger partial charge in [-0.15, -0.1) is 5.10 Å². The molecule has 2 N–H and O–H groups in total. The van der Waals surface area contributed by atoms with E-state index in [0.29, 0.717) is 0 Å². The Kier molecular flexibility index (Phi) is 1.81. The summed E-state index contributed by atoms with van der Waals surface area (Å²) in [4.78, 5) is 0. The molecule has 0 amide bonds. The lowest BCUT2D eigenvalue weighted by Crippen LogP contribution is -2.20. The lowest BCUT2D eigenvalue weighted by molar-refractivity contribution is 0.386. The van der Waals surface area contributed by atoms with E-state index >= 15 is 0 Å². The second-order valence-electron chi connectivity index (χ2n) is 1.61. The summed E-state index contributed by atoms with van der Waals surface area (Å²) in [6, 6.07) is 0. The standard InChI is InChI=1S/C3H6BN3O2/c8-4(9)3-7-2-1-5-6-7/h1-2,8-9H,3H2. The summed E-state index contributed by atoms with van der Waals surface area (Å²) in [7, 11) is -1.35. The van der Waals surface area contributed by atoms with Gasteiger partial charge in [0.2, 0.25) is 0 Å². The van der Waals surface area contributed by atoms with Gasteiger partial charge >= 0.3 is 7.12 Å². The fraction of sp³-hybridized carbons (Fsp3) is 0.333. The number of aromatic nitrogens is 3. The fourth-order valence-electron chi connectivity index (χ4n) is 0.497. The van der Waals surface area contributed by atoms with E-state index in [1.54, 1.807) is 6.20 Å². The Morgan fingerprint density at radius 1 is 1.56 bits per heavy atom. The molecule has 9 heavy (non-hydrogen) atoms. The Morgan fingerprint density at radius 3 is 2.78 bits per heavy atom. The number of hydrogen-bond acceptors (Lipinski definition) is 4. The topological polar surface area (TPSA) is 71.2 Å². The molecule has 0 atom stereocenters. The summed E-state index contributed by atoms with van der Waals surface area (Å²) in [5.41, 5.74) is 0. The highest BCUT2D eigenvalue weighted by Gasteiger charge is 2.06. The lowest BCUT2D eigenvalue weighted by Gasteiger charge is -1.94. The normalized spacial score (nSPS) is 9.56. The van der Waals surface area contributed by atoms with Gasteiger partial charge in [0.1, 0.15) is 0 Å². The monoisotopic (exact) mass is 127 g/mol. The van der Waals surface area contributed by atoms with Crippen LogP contribution in [0, 0.1) is 0 Å². The van der Waals surface area contributed by atoms with Gasteiger partial charge in [0, 0.05) is 6.20 Å². The maximum Gasteiger partial charge on any atom is 0.474 e. The largest absolute Gasteiger partial charge is 0.474 e. The quantitative estimate of drug-likeness (QED) is 0.464. The molecule has 1 aromatic rings. The molecule has 5 nitrogen and oxygen atoms in total. The second-order valence-corrected chi connectivity index (χ2v) is 1.61. The molecule has 1 heterocycles. The predicted molar refractivity (Wildman–Crippen MR) is 30.2 cm³/mol. The second kappa shape index (κ2) is 2.61. The summed E-state index contributed by atoms with van der Waals surface area (Å²) in [6.07, 6.45) is 3.10. The van der Waals surface area contributed by atoms with Crippen LogP contribution in [0.3, 0.4) is 0 Å². The fourth-order valence-corrected chi connectivity index (χ4v) is 0.497. The van der Waals surface area contributed by atoms with Crippen molar-refractivity contribution < 1.29 is 10.0 Å². The third-order valence-corrected chi connectivity index (χ3v) is 0.822. The third kappa shape index (κ3) is 1.83. The SMILES string of the molecule is OB(O)Cn1ccnn1. The van der Waals surface area contributed by atoms with Gasteiger partial charge in [0.05, 0.1) is 12.6 Å². The minimum absolute atomic E-state index is 0.0694. The molecule has 0 bridgehead atoms. The van der Waals surface area contributed by atoms with Crippen molar-refractivity contribution in [3.05, 3.63) is 12.4 Å². The molecule has 0 unspecified atom stereocenters. The molecule has 0 fully saturated rings. The van der Waals surface area contributed by atoms with E-state index in [-0.39, 0.29) is 6.44 Å². The van der Waals surface area contributed by atoms with Crippen molar-refractivity contribution >= 4 is 7.12 Å². The molecule has 0 aromatic carbocycles. The van der Waals surface area contributed by atoms with E-state index < -0.39 is 7.12 Å². The van der Waals surface area contributed by atoms with Crippen LogP contribution < -0.4 is 0 Å². The Morgan fingerprint density at radius 2 is 2.33 bits per heavy atom. The van der Waals surface area contributed by atoms with Crippen LogP contribution in [0.25, 0.3) is 0 Å². The Hall–Kier alpha value is -0.875. The Labute approximate surface area is 52.1 Å². The number of hydrogen-bond donors (Lipinski definition) is 2. The van der Waals surface area contributed by atoms with Gasteiger partial charge in [-0.2, -0.15) is 0 Å². The van der Waals surface area contributed by atoms with Crippen LogP contribution in [0.15, 0.2) is 12.4 Å². The van der Waals surface area contributed by atoms with Gasteiger partial charge < -0.3 is 10.0 Å². The zero-order chi connectivity index (χ0) is 6.69. The van der Waals surface area contributed by atoms with E-state index in [2.05, 4.69) is 10.3 Å². The lowest BCUT2D eigenvalue weighted by atomic mass is 9.93. The van der Waals surface area contributed by atoms with Gasteiger partial charge in [0.25, 0.3) is 0 Å². The maximum atomic E-state index is 8.39. The molecule has 1 rings (SSSR count). The van der Waals surface area contributed by atoms with Crippen molar-refractivity contribution in [3.63, 3.8) is 0 Å². The van der Waals surface area contributed by atoms with E-state index in [1.165, 1.54) is 10.9 Å². The highest BCUT2D eigenvalue weighted by atomic mass is 16.4. The van der Waals surface area contributed by atoms with E-state index in [9.17, 15) is 0 Å². The Bertz CT molecular complexity index is 164. The van der Waals surface area contributed by atoms with E-state index in [1.807, 2.05) is 0 Å². The number of nitrogens with zero attached hydrogens (tertiary/aromatic N) is 3. The first-order chi connectivity index (χ1) is 4.29. The molecule has 0 aliphatic carbocycles. The Balaban J connectivity index is 2.48. The molecule has 48 valence electrons. The molecule has 0 saturated heterocycles. The predicted octanol–water partition coefficient (Wildman–Crippen LogP) is -1.71. The van der Waals surface area contributed by atoms with Crippen LogP contribution in [-0.4, -0.2) is 32.2 Å². The summed E-state index contributed by atoms with van der Waals surface area (Å²) >= 11 is 0. The van der Waals surface area contributed by atoms with Crippen molar-refractivity contribution in [1.82, 2.24) is 15.0 Å². The molecule has 0 spiro atoms. The van der Waals surface area contributed by atoms with Crippen LogP contribution in [0.1, 0.15) is 0 Å². The average molecular weight is 127 g/mol. The van der Waals surface area contributed by atoms with Gasteiger partial charge in [-0.05, 0) is 0 Å². The van der Waals surface area contributed by atoms with Crippen LogP contribution in [0.4, 0.5) is 0 Å². The summed E-state index contributed by atoms with van der Waals surface area (Å²) in [5, 5.41) is 23.8. The first-order valence-corrected chi connectivity index (χ1v) is 2.49. The zero-order valence-corrected chi connectivity index (χ0v) is 4.68. The minimum atomic E-state index is -1.35. The van der Waals surface area contributed by atoms with Gasteiger partial charge in [-0.25, -0.2) is 0 Å². The van der Waals surface area contributed by atoms with Crippen molar-refractivity contribution in [1.29, 1.82) is 0 Å². The molecular formula is C3H6BN3O2. The third-order valence-electron chi connectivity index (χ3n) is 0.822. The van der Waals surface area contributed by atoms with Gasteiger partial charge in [-0.1, -0.05) is 5.21 Å². The van der Waals surface area contributed by atoms with Crippen LogP contribution >= 0.6 is 0 Å². The van der Waals surface area contributed by atoms with Gasteiger partial charge in [0.15, 0.2) is 0 Å². The molecule has 0 saturated carbocycles. The van der Waals surface area contributed by atoms with Crippen LogP contribution in [0.5, 0.6) is 0 Å². The van der Waals surface area contributed by atoms with Crippen molar-refractivity contribution in [3.8, 4) is 0 Å². The smallest absolute Gasteiger partial charge is 0.426 e. The molecule has 0 radical (unpaired) electrons. The molecule has 0 aliphatic rings. The first-order valence-electron chi connectivity index (χ1n) is 2.49. The molecule has 6 heteroatoms.